The van der Waals surface area contributed by atoms with E-state index < -0.39 is 17.8 Å². The first kappa shape index (κ1) is 22.0. The summed E-state index contributed by atoms with van der Waals surface area (Å²) < 4.78 is 39.2. The number of benzene rings is 3. The number of rotatable bonds is 4. The zero-order chi connectivity index (χ0) is 23.6. The summed E-state index contributed by atoms with van der Waals surface area (Å²) in [5.41, 5.74) is 2.58. The Bertz CT molecular complexity index is 1370. The number of aromatic nitrogens is 1. The van der Waals surface area contributed by atoms with E-state index in [-0.39, 0.29) is 5.69 Å². The van der Waals surface area contributed by atoms with Crippen molar-refractivity contribution in [3.05, 3.63) is 89.6 Å². The minimum atomic E-state index is -4.51. The first-order valence-corrected chi connectivity index (χ1v) is 9.95. The normalized spacial score (nSPS) is 11.3. The van der Waals surface area contributed by atoms with E-state index in [0.29, 0.717) is 34.3 Å². The van der Waals surface area contributed by atoms with Gasteiger partial charge in [0.25, 0.3) is 0 Å². The Balaban J connectivity index is 1.60. The van der Waals surface area contributed by atoms with Crippen molar-refractivity contribution in [2.75, 3.05) is 10.6 Å². The molecule has 4 aromatic rings. The highest BCUT2D eigenvalue weighted by Gasteiger charge is 2.31. The number of alkyl halides is 3. The second-order valence-electron chi connectivity index (χ2n) is 7.47. The molecule has 1 aromatic heterocycles. The third-order valence-corrected chi connectivity index (χ3v) is 4.98. The van der Waals surface area contributed by atoms with E-state index in [9.17, 15) is 22.8 Å². The molecule has 0 aliphatic rings. The first-order chi connectivity index (χ1) is 15.7. The van der Waals surface area contributed by atoms with Crippen LogP contribution in [0.25, 0.3) is 22.0 Å². The predicted octanol–water partition coefficient (Wildman–Crippen LogP) is 6.69. The lowest BCUT2D eigenvalue weighted by molar-refractivity contribution is -0.137. The van der Waals surface area contributed by atoms with Gasteiger partial charge in [0.2, 0.25) is 0 Å². The summed E-state index contributed by atoms with van der Waals surface area (Å²) in [6.07, 6.45) is -3.83. The fourth-order valence-corrected chi connectivity index (χ4v) is 3.52. The molecule has 0 saturated heterocycles. The third-order valence-electron chi connectivity index (χ3n) is 4.98. The van der Waals surface area contributed by atoms with Crippen LogP contribution in [0.4, 0.5) is 29.3 Å². The molecule has 2 amide bonds. The third kappa shape index (κ3) is 5.01. The van der Waals surface area contributed by atoms with Gasteiger partial charge in [0.1, 0.15) is 5.69 Å². The molecule has 0 saturated carbocycles. The van der Waals surface area contributed by atoms with E-state index in [2.05, 4.69) is 15.6 Å². The van der Waals surface area contributed by atoms with E-state index in [4.69, 9.17) is 0 Å². The number of nitrogens with one attached hydrogen (secondary N) is 2. The number of aryl methyl sites for hydroxylation is 1. The molecule has 0 spiro atoms. The monoisotopic (exact) mass is 449 g/mol. The van der Waals surface area contributed by atoms with Crippen molar-refractivity contribution < 1.29 is 22.8 Å². The molecule has 3 aromatic carbocycles. The van der Waals surface area contributed by atoms with Gasteiger partial charge in [-0.15, -0.1) is 0 Å². The SMILES string of the molecule is Cc1cc(NC(=O)Nc2ccccc2-c2ccc3nc(C=O)ccc3c2)cc(C(F)(F)F)c1. The van der Waals surface area contributed by atoms with E-state index in [1.807, 2.05) is 24.3 Å². The molecule has 1 heterocycles. The summed E-state index contributed by atoms with van der Waals surface area (Å²) in [5, 5.41) is 6.00. The number of hydrogen-bond acceptors (Lipinski definition) is 3. The van der Waals surface area contributed by atoms with Crippen LogP contribution in [0.3, 0.4) is 0 Å². The molecule has 0 aliphatic carbocycles. The fraction of sp³-hybridized carbons (Fsp3) is 0.0800. The van der Waals surface area contributed by atoms with Crippen molar-refractivity contribution in [2.24, 2.45) is 0 Å². The maximum absolute atomic E-state index is 13.1. The smallest absolute Gasteiger partial charge is 0.308 e. The molecule has 0 aliphatic heterocycles. The van der Waals surface area contributed by atoms with Crippen molar-refractivity contribution in [3.8, 4) is 11.1 Å². The van der Waals surface area contributed by atoms with Gasteiger partial charge in [0.15, 0.2) is 6.29 Å². The highest BCUT2D eigenvalue weighted by molar-refractivity contribution is 6.03. The molecule has 0 unspecified atom stereocenters. The number of aldehydes is 1. The number of urea groups is 1. The Hall–Kier alpha value is -4.20. The van der Waals surface area contributed by atoms with Crippen LogP contribution in [0.5, 0.6) is 0 Å². The fourth-order valence-electron chi connectivity index (χ4n) is 3.52. The predicted molar refractivity (Wildman–Crippen MR) is 121 cm³/mol. The Morgan fingerprint density at radius 3 is 2.48 bits per heavy atom. The summed E-state index contributed by atoms with van der Waals surface area (Å²) in [5.74, 6) is 0. The van der Waals surface area contributed by atoms with Crippen LogP contribution in [0, 0.1) is 6.92 Å². The number of anilines is 2. The van der Waals surface area contributed by atoms with Gasteiger partial charge in [0, 0.05) is 16.6 Å². The van der Waals surface area contributed by atoms with Gasteiger partial charge in [-0.1, -0.05) is 30.3 Å². The molecule has 166 valence electrons. The molecule has 33 heavy (non-hydrogen) atoms. The number of pyridine rings is 1. The Morgan fingerprint density at radius 1 is 0.939 bits per heavy atom. The lowest BCUT2D eigenvalue weighted by Crippen LogP contribution is -2.20. The molecule has 0 bridgehead atoms. The van der Waals surface area contributed by atoms with E-state index >= 15 is 0 Å². The highest BCUT2D eigenvalue weighted by Crippen LogP contribution is 2.33. The summed E-state index contributed by atoms with van der Waals surface area (Å²) in [6, 6.07) is 18.7. The van der Waals surface area contributed by atoms with Crippen molar-refractivity contribution >= 4 is 34.6 Å². The standard InChI is InChI=1S/C25H18F3N3O2/c1-15-10-18(25(26,27)28)13-20(11-15)30-24(33)31-23-5-3-2-4-21(23)16-7-9-22-17(12-16)6-8-19(14-32)29-22/h2-14H,1H3,(H2,30,31,33). The Labute approximate surface area is 187 Å². The molecule has 0 fully saturated rings. The second-order valence-corrected chi connectivity index (χ2v) is 7.47. The van der Waals surface area contributed by atoms with Gasteiger partial charge in [-0.2, -0.15) is 13.2 Å². The summed E-state index contributed by atoms with van der Waals surface area (Å²) in [6.45, 7) is 1.53. The number of amides is 2. The number of nitrogens with zero attached hydrogens (tertiary/aromatic N) is 1. The quantitative estimate of drug-likeness (QED) is 0.341. The molecule has 2 N–H and O–H groups in total. The molecule has 5 nitrogen and oxygen atoms in total. The van der Waals surface area contributed by atoms with Crippen LogP contribution in [0.15, 0.2) is 72.8 Å². The minimum absolute atomic E-state index is 0.0417. The van der Waals surface area contributed by atoms with Crippen LogP contribution in [0.2, 0.25) is 0 Å². The molecule has 4 rings (SSSR count). The van der Waals surface area contributed by atoms with Crippen LogP contribution >= 0.6 is 0 Å². The topological polar surface area (TPSA) is 71.1 Å². The summed E-state index contributed by atoms with van der Waals surface area (Å²) in [4.78, 5) is 27.8. The molecular weight excluding hydrogens is 431 g/mol. The van der Waals surface area contributed by atoms with Crippen molar-refractivity contribution in [1.82, 2.24) is 4.98 Å². The Morgan fingerprint density at radius 2 is 1.73 bits per heavy atom. The van der Waals surface area contributed by atoms with Crippen molar-refractivity contribution in [1.29, 1.82) is 0 Å². The lowest BCUT2D eigenvalue weighted by Gasteiger charge is -2.14. The van der Waals surface area contributed by atoms with E-state index in [1.165, 1.54) is 13.0 Å². The first-order valence-electron chi connectivity index (χ1n) is 9.95. The maximum atomic E-state index is 13.1. The van der Waals surface area contributed by atoms with Gasteiger partial charge in [0.05, 0.1) is 16.8 Å². The molecular formula is C25H18F3N3O2. The van der Waals surface area contributed by atoms with Gasteiger partial charge in [-0.3, -0.25) is 4.79 Å². The highest BCUT2D eigenvalue weighted by atomic mass is 19.4. The number of carbonyl (C=O) groups is 2. The number of hydrogen-bond donors (Lipinski definition) is 2. The molecule has 0 atom stereocenters. The maximum Gasteiger partial charge on any atom is 0.416 e. The zero-order valence-electron chi connectivity index (χ0n) is 17.4. The van der Waals surface area contributed by atoms with Crippen molar-refractivity contribution in [3.63, 3.8) is 0 Å². The van der Waals surface area contributed by atoms with Crippen LogP contribution < -0.4 is 10.6 Å². The summed E-state index contributed by atoms with van der Waals surface area (Å²) in [7, 11) is 0. The van der Waals surface area contributed by atoms with E-state index in [0.717, 1.165) is 23.1 Å². The number of halogens is 3. The number of carbonyl (C=O) groups excluding carboxylic acids is 2. The van der Waals surface area contributed by atoms with E-state index in [1.54, 1.807) is 30.3 Å². The summed E-state index contributed by atoms with van der Waals surface area (Å²) >= 11 is 0. The number of para-hydroxylation sites is 1. The van der Waals surface area contributed by atoms with Crippen LogP contribution in [-0.4, -0.2) is 17.3 Å². The largest absolute Gasteiger partial charge is 0.416 e. The lowest BCUT2D eigenvalue weighted by atomic mass is 10.0. The van der Waals surface area contributed by atoms with Gasteiger partial charge in [-0.25, -0.2) is 9.78 Å². The molecule has 8 heteroatoms. The van der Waals surface area contributed by atoms with Gasteiger partial charge in [-0.05, 0) is 60.5 Å². The minimum Gasteiger partial charge on any atom is -0.308 e. The molecule has 0 radical (unpaired) electrons. The Kier molecular flexibility index (Phi) is 5.83. The van der Waals surface area contributed by atoms with Gasteiger partial charge < -0.3 is 10.6 Å². The van der Waals surface area contributed by atoms with Crippen LogP contribution in [-0.2, 0) is 6.18 Å². The second kappa shape index (κ2) is 8.74. The average Bonchev–Trinajstić information content (AvgIpc) is 2.77. The number of fused-ring (bicyclic) bond motifs is 1. The average molecular weight is 449 g/mol. The van der Waals surface area contributed by atoms with Crippen molar-refractivity contribution in [2.45, 2.75) is 13.1 Å². The van der Waals surface area contributed by atoms with Gasteiger partial charge >= 0.3 is 12.2 Å². The zero-order valence-corrected chi connectivity index (χ0v) is 17.4. The van der Waals surface area contributed by atoms with Crippen LogP contribution in [0.1, 0.15) is 21.6 Å².